The summed E-state index contributed by atoms with van der Waals surface area (Å²) in [6.07, 6.45) is 0. The number of rotatable bonds is 7. The first-order chi connectivity index (χ1) is 8.56. The summed E-state index contributed by atoms with van der Waals surface area (Å²) < 4.78 is 18.4. The molecule has 0 aliphatic carbocycles. The fraction of sp³-hybridized carbons (Fsp3) is 0.364. The summed E-state index contributed by atoms with van der Waals surface area (Å²) in [4.78, 5) is 10.7. The van der Waals surface area contributed by atoms with Crippen molar-refractivity contribution in [2.75, 3.05) is 37.4 Å². The van der Waals surface area contributed by atoms with Crippen LogP contribution in [-0.2, 0) is 4.74 Å². The number of halogens is 1. The van der Waals surface area contributed by atoms with Crippen molar-refractivity contribution in [1.82, 2.24) is 0 Å². The Kier molecular flexibility index (Phi) is 5.34. The Bertz CT molecular complexity index is 426. The number of benzene rings is 1. The lowest BCUT2D eigenvalue weighted by atomic mass is 10.1. The fourth-order valence-electron chi connectivity index (χ4n) is 1.33. The van der Waals surface area contributed by atoms with Crippen LogP contribution in [0.25, 0.3) is 0 Å². The number of aliphatic hydroxyl groups is 1. The quantitative estimate of drug-likeness (QED) is 0.420. The third kappa shape index (κ3) is 3.86. The number of ether oxygens (including phenoxy) is 1. The predicted molar refractivity (Wildman–Crippen MR) is 64.2 cm³/mol. The second-order valence-electron chi connectivity index (χ2n) is 3.49. The van der Waals surface area contributed by atoms with Crippen molar-refractivity contribution in [3.63, 3.8) is 0 Å². The second-order valence-corrected chi connectivity index (χ2v) is 3.49. The van der Waals surface area contributed by atoms with E-state index in [0.717, 1.165) is 12.1 Å². The Hall–Kier alpha value is -1.86. The van der Waals surface area contributed by atoms with E-state index in [1.165, 1.54) is 0 Å². The number of nitrogens with two attached hydrogens (primary N) is 1. The van der Waals surface area contributed by atoms with Crippen LogP contribution in [0.3, 0.4) is 0 Å². The molecule has 0 aliphatic heterocycles. The van der Waals surface area contributed by atoms with Crippen LogP contribution in [0.5, 0.6) is 0 Å². The summed E-state index contributed by atoms with van der Waals surface area (Å²) in [7, 11) is 0. The SMILES string of the molecule is Nc1cc(C(=O)O)c(F)cc1NCCOCCO. The van der Waals surface area contributed by atoms with Crippen LogP contribution in [0.1, 0.15) is 10.4 Å². The van der Waals surface area contributed by atoms with Crippen molar-refractivity contribution < 1.29 is 24.1 Å². The molecule has 5 N–H and O–H groups in total. The average molecular weight is 258 g/mol. The van der Waals surface area contributed by atoms with Crippen LogP contribution in [0.15, 0.2) is 12.1 Å². The number of hydrogen-bond donors (Lipinski definition) is 4. The molecule has 0 bridgehead atoms. The number of aromatic carboxylic acids is 1. The van der Waals surface area contributed by atoms with E-state index in [2.05, 4.69) is 5.32 Å². The smallest absolute Gasteiger partial charge is 0.338 e. The van der Waals surface area contributed by atoms with E-state index in [9.17, 15) is 9.18 Å². The van der Waals surface area contributed by atoms with Gasteiger partial charge in [0.25, 0.3) is 0 Å². The monoisotopic (exact) mass is 258 g/mol. The molecule has 0 saturated heterocycles. The highest BCUT2D eigenvalue weighted by Gasteiger charge is 2.13. The zero-order valence-electron chi connectivity index (χ0n) is 9.65. The molecule has 7 heteroatoms. The highest BCUT2D eigenvalue weighted by molar-refractivity contribution is 5.90. The van der Waals surface area contributed by atoms with Gasteiger partial charge in [0.1, 0.15) is 5.82 Å². The summed E-state index contributed by atoms with van der Waals surface area (Å²) in [5.74, 6) is -2.22. The molecule has 100 valence electrons. The zero-order valence-corrected chi connectivity index (χ0v) is 9.65. The van der Waals surface area contributed by atoms with Gasteiger partial charge in [-0.05, 0) is 12.1 Å². The summed E-state index contributed by atoms with van der Waals surface area (Å²) in [5, 5.41) is 20.0. The third-order valence-electron chi connectivity index (χ3n) is 2.17. The lowest BCUT2D eigenvalue weighted by Crippen LogP contribution is -2.13. The van der Waals surface area contributed by atoms with E-state index in [1.54, 1.807) is 0 Å². The first-order valence-corrected chi connectivity index (χ1v) is 5.31. The number of nitrogen functional groups attached to an aromatic ring is 1. The molecular formula is C11H15FN2O4. The zero-order chi connectivity index (χ0) is 13.5. The van der Waals surface area contributed by atoms with Gasteiger partial charge < -0.3 is 26.0 Å². The third-order valence-corrected chi connectivity index (χ3v) is 2.17. The Morgan fingerprint density at radius 2 is 2.17 bits per heavy atom. The molecule has 0 unspecified atom stereocenters. The molecule has 1 aromatic rings. The first-order valence-electron chi connectivity index (χ1n) is 5.31. The van der Waals surface area contributed by atoms with Gasteiger partial charge in [-0.1, -0.05) is 0 Å². The Morgan fingerprint density at radius 3 is 2.78 bits per heavy atom. The predicted octanol–water partition coefficient (Wildman–Crippen LogP) is 0.527. The number of anilines is 2. The normalized spacial score (nSPS) is 10.3. The molecule has 18 heavy (non-hydrogen) atoms. The van der Waals surface area contributed by atoms with Crippen molar-refractivity contribution in [3.05, 3.63) is 23.5 Å². The number of carboxylic acids is 1. The van der Waals surface area contributed by atoms with Gasteiger partial charge in [0, 0.05) is 6.54 Å². The highest BCUT2D eigenvalue weighted by Crippen LogP contribution is 2.22. The van der Waals surface area contributed by atoms with Gasteiger partial charge in [0.15, 0.2) is 0 Å². The largest absolute Gasteiger partial charge is 0.478 e. The topological polar surface area (TPSA) is 105 Å². The molecule has 1 rings (SSSR count). The van der Waals surface area contributed by atoms with E-state index in [1.807, 2.05) is 0 Å². The summed E-state index contributed by atoms with van der Waals surface area (Å²) in [5.41, 5.74) is 5.59. The van der Waals surface area contributed by atoms with Gasteiger partial charge in [-0.2, -0.15) is 0 Å². The molecule has 0 spiro atoms. The van der Waals surface area contributed by atoms with E-state index in [4.69, 9.17) is 20.7 Å². The maximum absolute atomic E-state index is 13.4. The lowest BCUT2D eigenvalue weighted by molar-refractivity contribution is 0.0692. The van der Waals surface area contributed by atoms with Crippen LogP contribution in [0, 0.1) is 5.82 Å². The van der Waals surface area contributed by atoms with Crippen molar-refractivity contribution in [3.8, 4) is 0 Å². The lowest BCUT2D eigenvalue weighted by Gasteiger charge is -2.10. The van der Waals surface area contributed by atoms with Crippen molar-refractivity contribution >= 4 is 17.3 Å². The molecule has 0 saturated carbocycles. The highest BCUT2D eigenvalue weighted by atomic mass is 19.1. The Balaban J connectivity index is 2.62. The van der Waals surface area contributed by atoms with Crippen LogP contribution >= 0.6 is 0 Å². The van der Waals surface area contributed by atoms with Gasteiger partial charge in [-0.15, -0.1) is 0 Å². The molecule has 0 fully saturated rings. The minimum absolute atomic E-state index is 0.0654. The summed E-state index contributed by atoms with van der Waals surface area (Å²) in [6, 6.07) is 2.10. The van der Waals surface area contributed by atoms with Gasteiger partial charge in [-0.25, -0.2) is 9.18 Å². The van der Waals surface area contributed by atoms with E-state index in [0.29, 0.717) is 18.8 Å². The number of carboxylic acid groups (broad SMARTS) is 1. The number of hydrogen-bond acceptors (Lipinski definition) is 5. The number of aliphatic hydroxyl groups excluding tert-OH is 1. The van der Waals surface area contributed by atoms with E-state index < -0.39 is 17.3 Å². The average Bonchev–Trinajstić information content (AvgIpc) is 2.32. The molecule has 0 aliphatic rings. The summed E-state index contributed by atoms with van der Waals surface area (Å²) in [6.45, 7) is 0.853. The first kappa shape index (κ1) is 14.2. The van der Waals surface area contributed by atoms with Crippen LogP contribution in [0.2, 0.25) is 0 Å². The molecular weight excluding hydrogens is 243 g/mol. The van der Waals surface area contributed by atoms with Crippen LogP contribution < -0.4 is 11.1 Å². The molecule has 6 nitrogen and oxygen atoms in total. The van der Waals surface area contributed by atoms with Crippen molar-refractivity contribution in [2.45, 2.75) is 0 Å². The molecule has 0 aromatic heterocycles. The van der Waals surface area contributed by atoms with E-state index in [-0.39, 0.29) is 18.9 Å². The number of nitrogens with one attached hydrogen (secondary N) is 1. The Morgan fingerprint density at radius 1 is 1.44 bits per heavy atom. The molecule has 0 amide bonds. The fourth-order valence-corrected chi connectivity index (χ4v) is 1.33. The Labute approximate surface area is 103 Å². The van der Waals surface area contributed by atoms with Gasteiger partial charge in [0.05, 0.1) is 36.8 Å². The maximum Gasteiger partial charge on any atom is 0.338 e. The minimum atomic E-state index is -1.36. The van der Waals surface area contributed by atoms with Crippen LogP contribution in [0.4, 0.5) is 15.8 Å². The molecule has 0 heterocycles. The summed E-state index contributed by atoms with van der Waals surface area (Å²) >= 11 is 0. The molecule has 0 atom stereocenters. The number of carbonyl (C=O) groups is 1. The maximum atomic E-state index is 13.4. The van der Waals surface area contributed by atoms with Crippen LogP contribution in [-0.4, -0.2) is 42.5 Å². The standard InChI is InChI=1S/C11H15FN2O4/c12-8-6-10(14-1-3-18-4-2-15)9(13)5-7(8)11(16)17/h5-6,14-15H,1-4,13H2,(H,16,17). The molecule has 1 aromatic carbocycles. The second kappa shape index (κ2) is 6.77. The van der Waals surface area contributed by atoms with Crippen molar-refractivity contribution in [2.24, 2.45) is 0 Å². The minimum Gasteiger partial charge on any atom is -0.478 e. The van der Waals surface area contributed by atoms with E-state index >= 15 is 0 Å². The van der Waals surface area contributed by atoms with Gasteiger partial charge in [0.2, 0.25) is 0 Å². The van der Waals surface area contributed by atoms with Gasteiger partial charge >= 0.3 is 5.97 Å². The van der Waals surface area contributed by atoms with Crippen molar-refractivity contribution in [1.29, 1.82) is 0 Å². The van der Waals surface area contributed by atoms with Gasteiger partial charge in [-0.3, -0.25) is 0 Å². The molecule has 0 radical (unpaired) electrons.